The number of carbonyl (C=O) groups is 1. The minimum Gasteiger partial charge on any atom is -0.480 e. The van der Waals surface area contributed by atoms with E-state index in [-0.39, 0.29) is 12.1 Å². The molecule has 0 aromatic carbocycles. The van der Waals surface area contributed by atoms with Crippen LogP contribution < -0.4 is 5.32 Å². The third kappa shape index (κ3) is 0.721. The van der Waals surface area contributed by atoms with E-state index in [0.29, 0.717) is 0 Å². The average Bonchev–Trinajstić information content (AvgIpc) is 2.42. The Morgan fingerprint density at radius 1 is 1.88 bits per heavy atom. The van der Waals surface area contributed by atoms with Crippen LogP contribution in [0.3, 0.4) is 0 Å². The quantitative estimate of drug-likeness (QED) is 0.378. The second-order valence-electron chi connectivity index (χ2n) is 1.74. The Morgan fingerprint density at radius 3 is 2.62 bits per heavy atom. The number of nitrogens with one attached hydrogen (secondary N) is 1. The third-order valence-corrected chi connectivity index (χ3v) is 1.14. The number of hydrogen-bond acceptors (Lipinski definition) is 2. The predicted molar refractivity (Wildman–Crippen MR) is 28.5 cm³/mol. The van der Waals surface area contributed by atoms with Crippen LogP contribution in [0.1, 0.15) is 0 Å². The van der Waals surface area contributed by atoms with Crippen LogP contribution in [0.25, 0.3) is 0 Å². The summed E-state index contributed by atoms with van der Waals surface area (Å²) in [6.45, 7) is 3.43. The normalized spacial score (nSPS) is 34.0. The van der Waals surface area contributed by atoms with E-state index in [2.05, 4.69) is 11.9 Å². The molecule has 0 aromatic rings. The summed E-state index contributed by atoms with van der Waals surface area (Å²) in [7, 11) is 0. The summed E-state index contributed by atoms with van der Waals surface area (Å²) in [4.78, 5) is 10.0. The van der Waals surface area contributed by atoms with E-state index >= 15 is 0 Å². The van der Waals surface area contributed by atoms with Gasteiger partial charge in [0.2, 0.25) is 0 Å². The topological polar surface area (TPSA) is 59.2 Å². The first-order chi connectivity index (χ1) is 3.75. The minimum absolute atomic E-state index is 0.00694. The monoisotopic (exact) mass is 113 g/mol. The van der Waals surface area contributed by atoms with Crippen molar-refractivity contribution >= 4 is 5.97 Å². The fourth-order valence-electron chi connectivity index (χ4n) is 0.581. The molecule has 0 radical (unpaired) electrons. The summed E-state index contributed by atoms with van der Waals surface area (Å²) < 4.78 is 0. The van der Waals surface area contributed by atoms with E-state index in [1.54, 1.807) is 6.08 Å². The largest absolute Gasteiger partial charge is 0.480 e. The average molecular weight is 113 g/mol. The number of hydrogen-bond donors (Lipinski definition) is 2. The van der Waals surface area contributed by atoms with E-state index < -0.39 is 5.97 Å². The van der Waals surface area contributed by atoms with Crippen molar-refractivity contribution in [1.29, 1.82) is 0 Å². The minimum atomic E-state index is -0.796. The van der Waals surface area contributed by atoms with Crippen LogP contribution in [-0.2, 0) is 4.79 Å². The Hall–Kier alpha value is -0.830. The zero-order valence-electron chi connectivity index (χ0n) is 4.29. The van der Waals surface area contributed by atoms with Crippen LogP contribution >= 0.6 is 0 Å². The fraction of sp³-hybridized carbons (Fsp3) is 0.400. The summed E-state index contributed by atoms with van der Waals surface area (Å²) in [5.74, 6) is -0.796. The van der Waals surface area contributed by atoms with E-state index in [1.807, 2.05) is 0 Å². The van der Waals surface area contributed by atoms with E-state index in [1.165, 1.54) is 0 Å². The molecular formula is C5H7NO2. The second-order valence-corrected chi connectivity index (χ2v) is 1.74. The Labute approximate surface area is 47.0 Å². The molecule has 1 aliphatic heterocycles. The molecule has 1 heterocycles. The molecule has 0 aromatic heterocycles. The molecule has 44 valence electrons. The molecule has 0 amide bonds. The maximum Gasteiger partial charge on any atom is 0.322 e. The van der Waals surface area contributed by atoms with Gasteiger partial charge in [-0.15, -0.1) is 6.58 Å². The molecule has 1 aliphatic rings. The number of aliphatic carboxylic acids is 1. The van der Waals surface area contributed by atoms with Gasteiger partial charge in [-0.2, -0.15) is 0 Å². The van der Waals surface area contributed by atoms with Gasteiger partial charge in [-0.3, -0.25) is 10.1 Å². The number of carboxylic acids is 1. The van der Waals surface area contributed by atoms with Crippen molar-refractivity contribution in [3.05, 3.63) is 12.7 Å². The highest BCUT2D eigenvalue weighted by Crippen LogP contribution is 2.10. The molecule has 1 fully saturated rings. The van der Waals surface area contributed by atoms with Gasteiger partial charge >= 0.3 is 5.97 Å². The van der Waals surface area contributed by atoms with E-state index in [9.17, 15) is 4.79 Å². The lowest BCUT2D eigenvalue weighted by atomic mass is 10.3. The molecule has 3 nitrogen and oxygen atoms in total. The SMILES string of the molecule is C=CC1NC1C(=O)O. The maximum absolute atomic E-state index is 10.0. The van der Waals surface area contributed by atoms with Crippen molar-refractivity contribution in [2.75, 3.05) is 0 Å². The van der Waals surface area contributed by atoms with Gasteiger partial charge in [0.1, 0.15) is 6.04 Å². The van der Waals surface area contributed by atoms with E-state index in [0.717, 1.165) is 0 Å². The Morgan fingerprint density at radius 2 is 2.50 bits per heavy atom. The Balaban J connectivity index is 2.36. The Bertz CT molecular complexity index is 132. The predicted octanol–water partition coefficient (Wildman–Crippen LogP) is -0.403. The zero-order chi connectivity index (χ0) is 6.15. The van der Waals surface area contributed by atoms with Crippen molar-refractivity contribution in [2.45, 2.75) is 12.1 Å². The highest BCUT2D eigenvalue weighted by molar-refractivity contribution is 5.78. The highest BCUT2D eigenvalue weighted by atomic mass is 16.4. The molecule has 8 heavy (non-hydrogen) atoms. The lowest BCUT2D eigenvalue weighted by molar-refractivity contribution is -0.136. The summed E-state index contributed by atoms with van der Waals surface area (Å²) >= 11 is 0. The summed E-state index contributed by atoms with van der Waals surface area (Å²) in [6, 6.07) is -0.361. The first-order valence-corrected chi connectivity index (χ1v) is 2.37. The van der Waals surface area contributed by atoms with Crippen LogP contribution in [0, 0.1) is 0 Å². The molecule has 0 bridgehead atoms. The summed E-state index contributed by atoms with van der Waals surface area (Å²) in [5.41, 5.74) is 0. The number of rotatable bonds is 2. The molecule has 0 saturated carbocycles. The van der Waals surface area contributed by atoms with Crippen LogP contribution in [0.4, 0.5) is 0 Å². The zero-order valence-corrected chi connectivity index (χ0v) is 4.29. The molecule has 0 aliphatic carbocycles. The smallest absolute Gasteiger partial charge is 0.322 e. The van der Waals surface area contributed by atoms with Gasteiger partial charge in [-0.25, -0.2) is 0 Å². The van der Waals surface area contributed by atoms with Crippen LogP contribution in [-0.4, -0.2) is 23.2 Å². The van der Waals surface area contributed by atoms with Crippen LogP contribution in [0.15, 0.2) is 12.7 Å². The molecule has 2 unspecified atom stereocenters. The molecule has 2 atom stereocenters. The van der Waals surface area contributed by atoms with Gasteiger partial charge in [0.15, 0.2) is 0 Å². The van der Waals surface area contributed by atoms with Gasteiger partial charge in [-0.05, 0) is 0 Å². The van der Waals surface area contributed by atoms with Crippen molar-refractivity contribution in [1.82, 2.24) is 5.32 Å². The lowest BCUT2D eigenvalue weighted by Gasteiger charge is -1.78. The van der Waals surface area contributed by atoms with Crippen LogP contribution in [0.2, 0.25) is 0 Å². The number of carboxylic acid groups (broad SMARTS) is 1. The molecule has 1 saturated heterocycles. The van der Waals surface area contributed by atoms with Gasteiger partial charge in [0.25, 0.3) is 0 Å². The van der Waals surface area contributed by atoms with Crippen molar-refractivity contribution in [3.63, 3.8) is 0 Å². The van der Waals surface area contributed by atoms with Crippen molar-refractivity contribution in [2.24, 2.45) is 0 Å². The lowest BCUT2D eigenvalue weighted by Crippen LogP contribution is -2.07. The van der Waals surface area contributed by atoms with Gasteiger partial charge in [-0.1, -0.05) is 6.08 Å². The first kappa shape index (κ1) is 5.31. The molecular weight excluding hydrogens is 106 g/mol. The fourth-order valence-corrected chi connectivity index (χ4v) is 0.581. The highest BCUT2D eigenvalue weighted by Gasteiger charge is 2.39. The maximum atomic E-state index is 10.0. The molecule has 2 N–H and O–H groups in total. The van der Waals surface area contributed by atoms with Crippen molar-refractivity contribution < 1.29 is 9.90 Å². The molecule has 0 spiro atoms. The first-order valence-electron chi connectivity index (χ1n) is 2.37. The summed E-state index contributed by atoms with van der Waals surface area (Å²) in [6.07, 6.45) is 1.60. The van der Waals surface area contributed by atoms with Gasteiger partial charge < -0.3 is 5.11 Å². The van der Waals surface area contributed by atoms with Gasteiger partial charge in [0, 0.05) is 0 Å². The summed E-state index contributed by atoms with van der Waals surface area (Å²) in [5, 5.41) is 10.9. The standard InChI is InChI=1S/C5H7NO2/c1-2-3-4(6-3)5(7)8/h2-4,6H,1H2,(H,7,8). The molecule has 3 heteroatoms. The Kier molecular flexibility index (Phi) is 1.06. The van der Waals surface area contributed by atoms with Crippen LogP contribution in [0.5, 0.6) is 0 Å². The van der Waals surface area contributed by atoms with Crippen molar-refractivity contribution in [3.8, 4) is 0 Å². The second kappa shape index (κ2) is 1.59. The van der Waals surface area contributed by atoms with E-state index in [4.69, 9.17) is 5.11 Å². The van der Waals surface area contributed by atoms with Gasteiger partial charge in [0.05, 0.1) is 6.04 Å². The molecule has 1 rings (SSSR count). The third-order valence-electron chi connectivity index (χ3n) is 1.14.